The molecule has 11 heteroatoms. The fourth-order valence-electron chi connectivity index (χ4n) is 5.49. The summed E-state index contributed by atoms with van der Waals surface area (Å²) >= 11 is 0. The third-order valence-electron chi connectivity index (χ3n) is 7.83. The number of nitrogens with one attached hydrogen (secondary N) is 2. The lowest BCUT2D eigenvalue weighted by Crippen LogP contribution is -2.37. The molecule has 0 saturated carbocycles. The Morgan fingerprint density at radius 2 is 1.77 bits per heavy atom. The number of likely N-dealkylation sites (tertiary alicyclic amines) is 1. The lowest BCUT2D eigenvalue weighted by molar-refractivity contribution is 0.0384. The highest BCUT2D eigenvalue weighted by molar-refractivity contribution is 5.90. The van der Waals surface area contributed by atoms with Gasteiger partial charge in [-0.1, -0.05) is 24.3 Å². The minimum absolute atomic E-state index is 0.0273. The number of morpholine rings is 1. The molecule has 2 fully saturated rings. The van der Waals surface area contributed by atoms with Crippen LogP contribution in [0.25, 0.3) is 22.5 Å². The van der Waals surface area contributed by atoms with Gasteiger partial charge in [-0.05, 0) is 55.2 Å². The SMILES string of the molecule is O=C(Nc1ccc(-c2nn(CCO)cc2-c2ccnc(Nc3cccc(CCN4CCOCC4)c3)n2)cc1)N1CCCC1. The number of aromatic nitrogens is 4. The Morgan fingerprint density at radius 1 is 0.953 bits per heavy atom. The van der Waals surface area contributed by atoms with E-state index in [9.17, 15) is 9.90 Å². The molecular formula is C32H38N8O3. The van der Waals surface area contributed by atoms with Crippen molar-refractivity contribution in [3.63, 3.8) is 0 Å². The summed E-state index contributed by atoms with van der Waals surface area (Å²) in [6.45, 7) is 6.51. The number of benzene rings is 2. The second-order valence-electron chi connectivity index (χ2n) is 10.9. The Hall–Kier alpha value is -4.32. The number of aliphatic hydroxyl groups is 1. The molecule has 43 heavy (non-hydrogen) atoms. The maximum atomic E-state index is 12.5. The van der Waals surface area contributed by atoms with Crippen LogP contribution in [0.1, 0.15) is 18.4 Å². The monoisotopic (exact) mass is 582 g/mol. The van der Waals surface area contributed by atoms with E-state index in [-0.39, 0.29) is 12.6 Å². The zero-order chi connectivity index (χ0) is 29.4. The predicted molar refractivity (Wildman–Crippen MR) is 166 cm³/mol. The van der Waals surface area contributed by atoms with E-state index in [0.29, 0.717) is 18.2 Å². The van der Waals surface area contributed by atoms with Gasteiger partial charge in [-0.25, -0.2) is 14.8 Å². The Morgan fingerprint density at radius 3 is 2.56 bits per heavy atom. The summed E-state index contributed by atoms with van der Waals surface area (Å²) in [5.74, 6) is 0.490. The van der Waals surface area contributed by atoms with Crippen molar-refractivity contribution in [1.29, 1.82) is 0 Å². The van der Waals surface area contributed by atoms with Crippen molar-refractivity contribution < 1.29 is 14.6 Å². The van der Waals surface area contributed by atoms with Crippen LogP contribution in [0.3, 0.4) is 0 Å². The van der Waals surface area contributed by atoms with Gasteiger partial charge in [-0.3, -0.25) is 9.58 Å². The molecule has 6 rings (SSSR count). The van der Waals surface area contributed by atoms with E-state index >= 15 is 0 Å². The third-order valence-corrected chi connectivity index (χ3v) is 7.83. The van der Waals surface area contributed by atoms with Gasteiger partial charge >= 0.3 is 6.03 Å². The Labute approximate surface area is 251 Å². The highest BCUT2D eigenvalue weighted by Crippen LogP contribution is 2.31. The largest absolute Gasteiger partial charge is 0.394 e. The third kappa shape index (κ3) is 7.37. The number of rotatable bonds is 10. The highest BCUT2D eigenvalue weighted by atomic mass is 16.5. The van der Waals surface area contributed by atoms with Gasteiger partial charge in [0.25, 0.3) is 0 Å². The Balaban J connectivity index is 1.18. The van der Waals surface area contributed by atoms with E-state index in [1.807, 2.05) is 47.5 Å². The summed E-state index contributed by atoms with van der Waals surface area (Å²) in [5, 5.41) is 20.7. The normalized spacial score (nSPS) is 15.5. The average molecular weight is 583 g/mol. The molecule has 2 aliphatic heterocycles. The molecule has 0 bridgehead atoms. The molecule has 2 aliphatic rings. The van der Waals surface area contributed by atoms with Gasteiger partial charge < -0.3 is 25.4 Å². The van der Waals surface area contributed by atoms with Crippen LogP contribution >= 0.6 is 0 Å². The minimum atomic E-state index is -0.0678. The predicted octanol–water partition coefficient (Wildman–Crippen LogP) is 4.25. The first-order chi connectivity index (χ1) is 21.1. The van der Waals surface area contributed by atoms with Crippen molar-refractivity contribution in [2.24, 2.45) is 0 Å². The number of carbonyl (C=O) groups excluding carboxylic acids is 1. The smallest absolute Gasteiger partial charge is 0.321 e. The van der Waals surface area contributed by atoms with Gasteiger partial charge in [-0.2, -0.15) is 5.10 Å². The molecule has 2 amide bonds. The first-order valence-corrected chi connectivity index (χ1v) is 15.0. The van der Waals surface area contributed by atoms with E-state index in [1.165, 1.54) is 5.56 Å². The van der Waals surface area contributed by atoms with E-state index in [1.54, 1.807) is 10.9 Å². The van der Waals surface area contributed by atoms with Gasteiger partial charge in [0.2, 0.25) is 5.95 Å². The average Bonchev–Trinajstić information content (AvgIpc) is 3.73. The quantitative estimate of drug-likeness (QED) is 0.254. The summed E-state index contributed by atoms with van der Waals surface area (Å²) in [6.07, 6.45) is 6.69. The van der Waals surface area contributed by atoms with Crippen LogP contribution in [0.5, 0.6) is 0 Å². The maximum absolute atomic E-state index is 12.5. The minimum Gasteiger partial charge on any atom is -0.394 e. The standard InChI is InChI=1S/C32H38N8O3/c41-19-16-40-23-28(30(37-40)25-6-8-26(9-7-25)35-32(42)39-13-1-2-14-39)29-10-12-33-31(36-29)34-27-5-3-4-24(22-27)11-15-38-17-20-43-21-18-38/h3-10,12,22-23,41H,1-2,11,13-21H2,(H,35,42)(H,33,34,36). The van der Waals surface area contributed by atoms with Crippen LogP contribution in [-0.2, 0) is 17.7 Å². The number of ether oxygens (including phenoxy) is 1. The number of carbonyl (C=O) groups is 1. The van der Waals surface area contributed by atoms with Crippen molar-refractivity contribution in [2.45, 2.75) is 25.8 Å². The molecule has 2 aromatic heterocycles. The molecule has 2 aromatic carbocycles. The summed E-state index contributed by atoms with van der Waals surface area (Å²) in [4.78, 5) is 26.1. The first kappa shape index (κ1) is 28.8. The summed E-state index contributed by atoms with van der Waals surface area (Å²) in [6, 6.07) is 17.8. The molecule has 11 nitrogen and oxygen atoms in total. The lowest BCUT2D eigenvalue weighted by atomic mass is 10.1. The van der Waals surface area contributed by atoms with Gasteiger partial charge in [-0.15, -0.1) is 0 Å². The maximum Gasteiger partial charge on any atom is 0.321 e. The second kappa shape index (κ2) is 13.8. The zero-order valence-corrected chi connectivity index (χ0v) is 24.3. The van der Waals surface area contributed by atoms with Crippen LogP contribution in [0.2, 0.25) is 0 Å². The van der Waals surface area contributed by atoms with Gasteiger partial charge in [0.1, 0.15) is 5.69 Å². The summed E-state index contributed by atoms with van der Waals surface area (Å²) < 4.78 is 7.18. The summed E-state index contributed by atoms with van der Waals surface area (Å²) in [7, 11) is 0. The molecule has 0 radical (unpaired) electrons. The molecule has 4 heterocycles. The highest BCUT2D eigenvalue weighted by Gasteiger charge is 2.19. The lowest BCUT2D eigenvalue weighted by Gasteiger charge is -2.26. The topological polar surface area (TPSA) is 121 Å². The molecule has 224 valence electrons. The van der Waals surface area contributed by atoms with Crippen molar-refractivity contribution >= 4 is 23.4 Å². The molecule has 3 N–H and O–H groups in total. The van der Waals surface area contributed by atoms with E-state index in [4.69, 9.17) is 14.8 Å². The number of amides is 2. The van der Waals surface area contributed by atoms with Gasteiger partial charge in [0.05, 0.1) is 32.1 Å². The Kier molecular flexibility index (Phi) is 9.22. The van der Waals surface area contributed by atoms with Gasteiger partial charge in [0.15, 0.2) is 0 Å². The zero-order valence-electron chi connectivity index (χ0n) is 24.3. The van der Waals surface area contributed by atoms with E-state index < -0.39 is 0 Å². The molecule has 0 atom stereocenters. The van der Waals surface area contributed by atoms with Crippen LogP contribution in [0.15, 0.2) is 67.0 Å². The Bertz CT molecular complexity index is 1510. The molecular weight excluding hydrogens is 544 g/mol. The molecule has 0 aliphatic carbocycles. The number of hydrogen-bond donors (Lipinski definition) is 3. The number of nitrogens with zero attached hydrogens (tertiary/aromatic N) is 6. The van der Waals surface area contributed by atoms with Crippen LogP contribution in [0.4, 0.5) is 22.1 Å². The number of aliphatic hydroxyl groups excluding tert-OH is 1. The molecule has 2 saturated heterocycles. The van der Waals surface area contributed by atoms with E-state index in [2.05, 4.69) is 38.7 Å². The fraction of sp³-hybridized carbons (Fsp3) is 0.375. The van der Waals surface area contributed by atoms with E-state index in [0.717, 1.165) is 93.4 Å². The van der Waals surface area contributed by atoms with Gasteiger partial charge in [0, 0.05) is 67.6 Å². The van der Waals surface area contributed by atoms with Crippen molar-refractivity contribution in [3.8, 4) is 22.5 Å². The fourth-order valence-corrected chi connectivity index (χ4v) is 5.49. The number of urea groups is 1. The van der Waals surface area contributed by atoms with Crippen molar-refractivity contribution in [1.82, 2.24) is 29.5 Å². The molecule has 0 unspecified atom stereocenters. The van der Waals surface area contributed by atoms with Crippen molar-refractivity contribution in [2.75, 3.05) is 63.2 Å². The molecule has 0 spiro atoms. The summed E-state index contributed by atoms with van der Waals surface area (Å²) in [5.41, 5.74) is 6.07. The molecule has 4 aromatic rings. The van der Waals surface area contributed by atoms with Crippen LogP contribution < -0.4 is 10.6 Å². The van der Waals surface area contributed by atoms with Crippen LogP contribution in [0, 0.1) is 0 Å². The van der Waals surface area contributed by atoms with Crippen molar-refractivity contribution in [3.05, 3.63) is 72.6 Å². The van der Waals surface area contributed by atoms with Crippen LogP contribution in [-0.4, -0.2) is 93.2 Å². The number of anilines is 3. The first-order valence-electron chi connectivity index (χ1n) is 15.0. The number of hydrogen-bond acceptors (Lipinski definition) is 8. The second-order valence-corrected chi connectivity index (χ2v) is 10.9.